The minimum Gasteiger partial charge on any atom is -0.324 e. The molecule has 0 radical (unpaired) electrons. The highest BCUT2D eigenvalue weighted by Gasteiger charge is 2.33. The summed E-state index contributed by atoms with van der Waals surface area (Å²) in [6.45, 7) is 3.05. The summed E-state index contributed by atoms with van der Waals surface area (Å²) >= 11 is 3.36. The summed E-state index contributed by atoms with van der Waals surface area (Å²) in [5.74, 6) is -0.476. The van der Waals surface area contributed by atoms with Gasteiger partial charge in [-0.25, -0.2) is 0 Å². The van der Waals surface area contributed by atoms with E-state index in [1.54, 1.807) is 0 Å². The zero-order valence-electron chi connectivity index (χ0n) is 13.6. The highest BCUT2D eigenvalue weighted by molar-refractivity contribution is 9.10. The van der Waals surface area contributed by atoms with Gasteiger partial charge >= 0.3 is 6.18 Å². The van der Waals surface area contributed by atoms with Crippen molar-refractivity contribution >= 4 is 27.5 Å². The molecule has 7 heteroatoms. The van der Waals surface area contributed by atoms with Crippen molar-refractivity contribution in [3.8, 4) is 0 Å². The van der Waals surface area contributed by atoms with E-state index in [0.717, 1.165) is 16.1 Å². The molecule has 134 valence electrons. The fourth-order valence-corrected chi connectivity index (χ4v) is 2.62. The molecule has 2 aromatic carbocycles. The zero-order chi connectivity index (χ0) is 18.4. The molecule has 2 rings (SSSR count). The Hall–Kier alpha value is -1.86. The van der Waals surface area contributed by atoms with Crippen molar-refractivity contribution in [3.05, 3.63) is 64.1 Å². The lowest BCUT2D eigenvalue weighted by Crippen LogP contribution is -2.33. The van der Waals surface area contributed by atoms with E-state index in [-0.39, 0.29) is 12.2 Å². The lowest BCUT2D eigenvalue weighted by atomic mass is 10.1. The number of para-hydroxylation sites is 1. The number of nitrogens with one attached hydrogen (secondary N) is 1. The summed E-state index contributed by atoms with van der Waals surface area (Å²) in [5.41, 5.74) is -0.0486. The largest absolute Gasteiger partial charge is 0.418 e. The summed E-state index contributed by atoms with van der Waals surface area (Å²) in [7, 11) is 0. The molecule has 0 aliphatic heterocycles. The number of carbonyl (C=O) groups excluding carboxylic acids is 1. The van der Waals surface area contributed by atoms with E-state index in [1.807, 2.05) is 36.1 Å². The van der Waals surface area contributed by atoms with E-state index >= 15 is 0 Å². The van der Waals surface area contributed by atoms with Crippen LogP contribution in [0.15, 0.2) is 53.0 Å². The van der Waals surface area contributed by atoms with Crippen LogP contribution in [0.4, 0.5) is 18.9 Å². The maximum Gasteiger partial charge on any atom is 0.418 e. The monoisotopic (exact) mass is 414 g/mol. The number of likely N-dealkylation sites (N-methyl/N-ethyl adjacent to an activating group) is 1. The highest BCUT2D eigenvalue weighted by Crippen LogP contribution is 2.34. The van der Waals surface area contributed by atoms with Crippen LogP contribution < -0.4 is 5.32 Å². The molecule has 25 heavy (non-hydrogen) atoms. The maximum absolute atomic E-state index is 13.0. The Morgan fingerprint density at radius 1 is 1.12 bits per heavy atom. The quantitative estimate of drug-likeness (QED) is 0.726. The Bertz CT molecular complexity index is 717. The summed E-state index contributed by atoms with van der Waals surface area (Å²) in [5, 5.41) is 2.37. The van der Waals surface area contributed by atoms with Crippen molar-refractivity contribution in [3.63, 3.8) is 0 Å². The second-order valence-electron chi connectivity index (χ2n) is 5.52. The molecule has 0 spiro atoms. The number of nitrogens with zero attached hydrogens (tertiary/aromatic N) is 1. The van der Waals surface area contributed by atoms with Gasteiger partial charge in [-0.2, -0.15) is 13.2 Å². The van der Waals surface area contributed by atoms with E-state index in [2.05, 4.69) is 21.2 Å². The first-order chi connectivity index (χ1) is 11.8. The number of carbonyl (C=O) groups is 1. The van der Waals surface area contributed by atoms with Crippen LogP contribution in [0.2, 0.25) is 0 Å². The molecule has 0 fully saturated rings. The van der Waals surface area contributed by atoms with E-state index in [1.165, 1.54) is 18.2 Å². The van der Waals surface area contributed by atoms with E-state index in [4.69, 9.17) is 0 Å². The molecule has 0 saturated carbocycles. The molecule has 0 heterocycles. The number of hydrogen-bond donors (Lipinski definition) is 1. The SMILES string of the molecule is CCN(CC(=O)Nc1ccccc1C(F)(F)F)Cc1ccc(Br)cc1. The molecule has 0 aromatic heterocycles. The van der Waals surface area contributed by atoms with Gasteiger partial charge in [-0.3, -0.25) is 9.69 Å². The first kappa shape index (κ1) is 19.5. The van der Waals surface area contributed by atoms with Gasteiger partial charge in [0.25, 0.3) is 0 Å². The molecule has 0 atom stereocenters. The average Bonchev–Trinajstić information content (AvgIpc) is 2.55. The third-order valence-electron chi connectivity index (χ3n) is 3.64. The van der Waals surface area contributed by atoms with E-state index < -0.39 is 17.6 Å². The second kappa shape index (κ2) is 8.49. The van der Waals surface area contributed by atoms with Gasteiger partial charge in [0.15, 0.2) is 0 Å². The van der Waals surface area contributed by atoms with Gasteiger partial charge in [0, 0.05) is 11.0 Å². The molecule has 0 aliphatic carbocycles. The van der Waals surface area contributed by atoms with Crippen molar-refractivity contribution < 1.29 is 18.0 Å². The lowest BCUT2D eigenvalue weighted by Gasteiger charge is -2.21. The van der Waals surface area contributed by atoms with Crippen molar-refractivity contribution in [2.75, 3.05) is 18.4 Å². The number of rotatable bonds is 6. The van der Waals surface area contributed by atoms with Crippen molar-refractivity contribution in [2.45, 2.75) is 19.6 Å². The molecule has 0 unspecified atom stereocenters. The third-order valence-corrected chi connectivity index (χ3v) is 4.17. The Balaban J connectivity index is 2.02. The molecule has 0 saturated heterocycles. The Kier molecular flexibility index (Phi) is 6.61. The number of halogens is 4. The standard InChI is InChI=1S/C18H18BrF3N2O/c1-2-24(11-13-7-9-14(19)10-8-13)12-17(25)23-16-6-4-3-5-15(16)18(20,21)22/h3-10H,2,11-12H2,1H3,(H,23,25). The molecule has 0 bridgehead atoms. The first-order valence-electron chi connectivity index (χ1n) is 7.72. The summed E-state index contributed by atoms with van der Waals surface area (Å²) < 4.78 is 39.9. The van der Waals surface area contributed by atoms with Gasteiger partial charge < -0.3 is 5.32 Å². The van der Waals surface area contributed by atoms with Gasteiger partial charge in [0.2, 0.25) is 5.91 Å². The van der Waals surface area contributed by atoms with Crippen LogP contribution in [0.3, 0.4) is 0 Å². The average molecular weight is 415 g/mol. The lowest BCUT2D eigenvalue weighted by molar-refractivity contribution is -0.137. The maximum atomic E-state index is 13.0. The molecule has 2 aromatic rings. The van der Waals surface area contributed by atoms with Crippen LogP contribution in [0.1, 0.15) is 18.1 Å². The summed E-state index contributed by atoms with van der Waals surface area (Å²) in [4.78, 5) is 14.0. The van der Waals surface area contributed by atoms with E-state index in [0.29, 0.717) is 13.1 Å². The number of hydrogen-bond acceptors (Lipinski definition) is 2. The number of amides is 1. The van der Waals surface area contributed by atoms with Crippen LogP contribution in [-0.4, -0.2) is 23.9 Å². The minimum absolute atomic E-state index is 0.0127. The molecule has 3 nitrogen and oxygen atoms in total. The first-order valence-corrected chi connectivity index (χ1v) is 8.51. The van der Waals surface area contributed by atoms with E-state index in [9.17, 15) is 18.0 Å². The van der Waals surface area contributed by atoms with Gasteiger partial charge in [-0.1, -0.05) is 47.1 Å². The van der Waals surface area contributed by atoms with Gasteiger partial charge in [0.1, 0.15) is 0 Å². The summed E-state index contributed by atoms with van der Waals surface area (Å²) in [6.07, 6.45) is -4.51. The predicted molar refractivity (Wildman–Crippen MR) is 95.2 cm³/mol. The molecule has 1 amide bonds. The number of benzene rings is 2. The van der Waals surface area contributed by atoms with Crippen LogP contribution in [0, 0.1) is 0 Å². The van der Waals surface area contributed by atoms with Crippen LogP contribution in [0.5, 0.6) is 0 Å². The zero-order valence-corrected chi connectivity index (χ0v) is 15.2. The normalized spacial score (nSPS) is 11.6. The van der Waals surface area contributed by atoms with Gasteiger partial charge in [-0.15, -0.1) is 0 Å². The smallest absolute Gasteiger partial charge is 0.324 e. The van der Waals surface area contributed by atoms with Crippen molar-refractivity contribution in [1.82, 2.24) is 4.90 Å². The molecular weight excluding hydrogens is 397 g/mol. The molecular formula is C18H18BrF3N2O. The van der Waals surface area contributed by atoms with Crippen molar-refractivity contribution in [2.24, 2.45) is 0 Å². The van der Waals surface area contributed by atoms with Gasteiger partial charge in [0.05, 0.1) is 17.8 Å². The fraction of sp³-hybridized carbons (Fsp3) is 0.278. The minimum atomic E-state index is -4.51. The second-order valence-corrected chi connectivity index (χ2v) is 6.44. The Labute approximate surface area is 153 Å². The van der Waals surface area contributed by atoms with Crippen LogP contribution >= 0.6 is 15.9 Å². The van der Waals surface area contributed by atoms with Gasteiger partial charge in [-0.05, 0) is 36.4 Å². The van der Waals surface area contributed by atoms with Crippen LogP contribution in [0.25, 0.3) is 0 Å². The summed E-state index contributed by atoms with van der Waals surface area (Å²) in [6, 6.07) is 12.6. The topological polar surface area (TPSA) is 32.3 Å². The van der Waals surface area contributed by atoms with Crippen molar-refractivity contribution in [1.29, 1.82) is 0 Å². The van der Waals surface area contributed by atoms with Crippen LogP contribution in [-0.2, 0) is 17.5 Å². The number of alkyl halides is 3. The molecule has 0 aliphatic rings. The Morgan fingerprint density at radius 3 is 2.36 bits per heavy atom. The fourth-order valence-electron chi connectivity index (χ4n) is 2.36. The third kappa shape index (κ3) is 5.86. The number of anilines is 1. The predicted octanol–water partition coefficient (Wildman–Crippen LogP) is 4.93. The molecule has 1 N–H and O–H groups in total. The Morgan fingerprint density at radius 2 is 1.76 bits per heavy atom. The highest BCUT2D eigenvalue weighted by atomic mass is 79.9.